The number of aromatic nitrogens is 1. The van der Waals surface area contributed by atoms with E-state index in [0.29, 0.717) is 5.41 Å². The minimum absolute atomic E-state index is 0.326. The molecule has 0 aromatic carbocycles. The van der Waals surface area contributed by atoms with Crippen LogP contribution >= 0.6 is 24.0 Å². The molecular formula is C12H20N2OS2. The fourth-order valence-electron chi connectivity index (χ4n) is 2.39. The van der Waals surface area contributed by atoms with E-state index in [4.69, 9.17) is 4.74 Å². The molecule has 0 atom stereocenters. The molecule has 1 saturated heterocycles. The van der Waals surface area contributed by atoms with Crippen LogP contribution in [0.3, 0.4) is 0 Å². The van der Waals surface area contributed by atoms with E-state index in [-0.39, 0.29) is 0 Å². The van der Waals surface area contributed by atoms with Crippen LogP contribution in [-0.2, 0) is 11.3 Å². The smallest absolute Gasteiger partial charge is 0.0795 e. The number of thiazole rings is 1. The lowest BCUT2D eigenvalue weighted by molar-refractivity contribution is 0.0104. The number of thiol groups is 1. The number of hydrogen-bond donors (Lipinski definition) is 1. The van der Waals surface area contributed by atoms with Crippen molar-refractivity contribution in [2.24, 2.45) is 5.41 Å². The second-order valence-electron chi connectivity index (χ2n) is 4.92. The Balaban J connectivity index is 1.89. The summed E-state index contributed by atoms with van der Waals surface area (Å²) < 4.78 is 5.45. The van der Waals surface area contributed by atoms with E-state index < -0.39 is 0 Å². The quantitative estimate of drug-likeness (QED) is 0.833. The van der Waals surface area contributed by atoms with Crippen molar-refractivity contribution < 1.29 is 4.74 Å². The molecule has 0 amide bonds. The summed E-state index contributed by atoms with van der Waals surface area (Å²) in [5.74, 6) is 0.942. The average Bonchev–Trinajstić information content (AvgIpc) is 2.83. The molecule has 17 heavy (non-hydrogen) atoms. The zero-order chi connectivity index (χ0) is 12.1. The van der Waals surface area contributed by atoms with Gasteiger partial charge in [0, 0.05) is 31.7 Å². The van der Waals surface area contributed by atoms with Crippen LogP contribution in [0, 0.1) is 5.41 Å². The summed E-state index contributed by atoms with van der Waals surface area (Å²) in [6.45, 7) is 3.77. The molecule has 2 rings (SSSR count). The molecular weight excluding hydrogens is 252 g/mol. The molecule has 1 aliphatic rings. The van der Waals surface area contributed by atoms with Crippen LogP contribution in [-0.4, -0.2) is 42.4 Å². The van der Waals surface area contributed by atoms with Crippen molar-refractivity contribution in [3.8, 4) is 0 Å². The van der Waals surface area contributed by atoms with Gasteiger partial charge in [-0.3, -0.25) is 4.90 Å². The maximum atomic E-state index is 5.45. The van der Waals surface area contributed by atoms with Crippen molar-refractivity contribution in [3.63, 3.8) is 0 Å². The Labute approximate surface area is 113 Å². The normalized spacial score (nSPS) is 19.7. The highest BCUT2D eigenvalue weighted by Gasteiger charge is 2.32. The van der Waals surface area contributed by atoms with Gasteiger partial charge in [0.15, 0.2) is 0 Å². The van der Waals surface area contributed by atoms with Gasteiger partial charge in [-0.1, -0.05) is 0 Å². The third kappa shape index (κ3) is 3.68. The summed E-state index contributed by atoms with van der Waals surface area (Å²) in [6, 6.07) is 0. The minimum Gasteiger partial charge on any atom is -0.381 e. The number of rotatable bonds is 5. The molecule has 1 aliphatic heterocycles. The Morgan fingerprint density at radius 2 is 2.29 bits per heavy atom. The Morgan fingerprint density at radius 1 is 1.53 bits per heavy atom. The molecule has 0 radical (unpaired) electrons. The van der Waals surface area contributed by atoms with Gasteiger partial charge in [-0.15, -0.1) is 11.3 Å². The second kappa shape index (κ2) is 6.18. The highest BCUT2D eigenvalue weighted by Crippen LogP contribution is 2.32. The molecule has 1 aromatic heterocycles. The fourth-order valence-corrected chi connectivity index (χ4v) is 3.36. The van der Waals surface area contributed by atoms with E-state index in [1.165, 1.54) is 5.69 Å². The molecule has 1 aromatic rings. The van der Waals surface area contributed by atoms with E-state index in [9.17, 15) is 0 Å². The Kier molecular flexibility index (Phi) is 4.85. The standard InChI is InChI=1S/C12H20N2OS2/c1-14(6-11-7-17-10-13-11)8-12(9-16)2-4-15-5-3-12/h7,10,16H,2-6,8-9H2,1H3. The maximum Gasteiger partial charge on any atom is 0.0795 e. The van der Waals surface area contributed by atoms with E-state index in [0.717, 1.165) is 44.9 Å². The molecule has 5 heteroatoms. The van der Waals surface area contributed by atoms with E-state index >= 15 is 0 Å². The topological polar surface area (TPSA) is 25.4 Å². The largest absolute Gasteiger partial charge is 0.381 e. The minimum atomic E-state index is 0.326. The van der Waals surface area contributed by atoms with E-state index in [1.807, 2.05) is 5.51 Å². The van der Waals surface area contributed by atoms with Crippen molar-refractivity contribution in [2.75, 3.05) is 32.6 Å². The second-order valence-corrected chi connectivity index (χ2v) is 5.96. The molecule has 3 nitrogen and oxygen atoms in total. The van der Waals surface area contributed by atoms with Crippen molar-refractivity contribution >= 4 is 24.0 Å². The predicted molar refractivity (Wildman–Crippen MR) is 74.8 cm³/mol. The lowest BCUT2D eigenvalue weighted by Gasteiger charge is -2.38. The Hall–Kier alpha value is -0.100. The average molecular weight is 272 g/mol. The van der Waals surface area contributed by atoms with Crippen molar-refractivity contribution in [1.29, 1.82) is 0 Å². The van der Waals surface area contributed by atoms with Gasteiger partial charge < -0.3 is 4.74 Å². The third-order valence-corrected chi connectivity index (χ3v) is 4.72. The highest BCUT2D eigenvalue weighted by molar-refractivity contribution is 7.80. The van der Waals surface area contributed by atoms with Crippen molar-refractivity contribution in [3.05, 3.63) is 16.6 Å². The van der Waals surface area contributed by atoms with Crippen LogP contribution in [0.1, 0.15) is 18.5 Å². The van der Waals surface area contributed by atoms with Crippen LogP contribution in [0.15, 0.2) is 10.9 Å². The first kappa shape index (κ1) is 13.3. The molecule has 0 spiro atoms. The van der Waals surface area contributed by atoms with Gasteiger partial charge in [0.1, 0.15) is 0 Å². The molecule has 0 bridgehead atoms. The van der Waals surface area contributed by atoms with Crippen LogP contribution in [0.5, 0.6) is 0 Å². The van der Waals surface area contributed by atoms with Gasteiger partial charge in [0.2, 0.25) is 0 Å². The number of nitrogens with zero attached hydrogens (tertiary/aromatic N) is 2. The lowest BCUT2D eigenvalue weighted by atomic mass is 9.81. The summed E-state index contributed by atoms with van der Waals surface area (Å²) in [5, 5.41) is 2.12. The maximum absolute atomic E-state index is 5.45. The summed E-state index contributed by atoms with van der Waals surface area (Å²) in [6.07, 6.45) is 2.25. The van der Waals surface area contributed by atoms with Gasteiger partial charge in [-0.2, -0.15) is 12.6 Å². The zero-order valence-electron chi connectivity index (χ0n) is 10.3. The number of ether oxygens (including phenoxy) is 1. The van der Waals surface area contributed by atoms with Gasteiger partial charge in [0.05, 0.1) is 11.2 Å². The van der Waals surface area contributed by atoms with E-state index in [2.05, 4.69) is 34.9 Å². The van der Waals surface area contributed by atoms with Gasteiger partial charge >= 0.3 is 0 Å². The SMILES string of the molecule is CN(Cc1cscn1)CC1(CS)CCOCC1. The van der Waals surface area contributed by atoms with E-state index in [1.54, 1.807) is 11.3 Å². The number of hydrogen-bond acceptors (Lipinski definition) is 5. The monoisotopic (exact) mass is 272 g/mol. The Morgan fingerprint density at radius 3 is 2.88 bits per heavy atom. The summed E-state index contributed by atoms with van der Waals surface area (Å²) in [7, 11) is 2.17. The molecule has 0 saturated carbocycles. The highest BCUT2D eigenvalue weighted by atomic mass is 32.1. The molecule has 1 fully saturated rings. The lowest BCUT2D eigenvalue weighted by Crippen LogP contribution is -2.41. The van der Waals surface area contributed by atoms with Gasteiger partial charge in [-0.05, 0) is 31.1 Å². The Bertz CT molecular complexity index is 323. The predicted octanol–water partition coefficient (Wildman–Crippen LogP) is 2.30. The molecule has 2 heterocycles. The zero-order valence-corrected chi connectivity index (χ0v) is 12.0. The summed E-state index contributed by atoms with van der Waals surface area (Å²) in [4.78, 5) is 6.69. The summed E-state index contributed by atoms with van der Waals surface area (Å²) >= 11 is 6.20. The van der Waals surface area contributed by atoms with Gasteiger partial charge in [0.25, 0.3) is 0 Å². The molecule has 0 N–H and O–H groups in total. The molecule has 0 aliphatic carbocycles. The first-order valence-corrected chi connectivity index (χ1v) is 7.56. The summed E-state index contributed by atoms with van der Waals surface area (Å²) in [5.41, 5.74) is 3.39. The van der Waals surface area contributed by atoms with Crippen LogP contribution in [0.25, 0.3) is 0 Å². The van der Waals surface area contributed by atoms with Crippen LogP contribution in [0.2, 0.25) is 0 Å². The van der Waals surface area contributed by atoms with Crippen molar-refractivity contribution in [1.82, 2.24) is 9.88 Å². The van der Waals surface area contributed by atoms with Crippen molar-refractivity contribution in [2.45, 2.75) is 19.4 Å². The first-order valence-electron chi connectivity index (χ1n) is 5.98. The first-order chi connectivity index (χ1) is 8.24. The third-order valence-electron chi connectivity index (χ3n) is 3.41. The van der Waals surface area contributed by atoms with Crippen LogP contribution < -0.4 is 0 Å². The fraction of sp³-hybridized carbons (Fsp3) is 0.750. The molecule has 96 valence electrons. The van der Waals surface area contributed by atoms with Crippen LogP contribution in [0.4, 0.5) is 0 Å². The molecule has 0 unspecified atom stereocenters. The van der Waals surface area contributed by atoms with Gasteiger partial charge in [-0.25, -0.2) is 4.98 Å².